The van der Waals surface area contributed by atoms with E-state index in [9.17, 15) is 4.79 Å². The SMILES string of the molecule is CC1(C)CC(=O)CC1C#N. The average molecular weight is 137 g/mol. The molecular weight excluding hydrogens is 126 g/mol. The molecule has 0 bridgehead atoms. The summed E-state index contributed by atoms with van der Waals surface area (Å²) >= 11 is 0. The number of hydrogen-bond donors (Lipinski definition) is 0. The predicted octanol–water partition coefficient (Wildman–Crippen LogP) is 1.52. The Morgan fingerprint density at radius 1 is 1.70 bits per heavy atom. The maximum absolute atomic E-state index is 10.9. The fourth-order valence-electron chi connectivity index (χ4n) is 1.43. The van der Waals surface area contributed by atoms with Crippen LogP contribution in [0.4, 0.5) is 0 Å². The summed E-state index contributed by atoms with van der Waals surface area (Å²) in [4.78, 5) is 10.9. The van der Waals surface area contributed by atoms with E-state index >= 15 is 0 Å². The van der Waals surface area contributed by atoms with Gasteiger partial charge in [0.25, 0.3) is 0 Å². The minimum absolute atomic E-state index is 0.0556. The van der Waals surface area contributed by atoms with Crippen molar-refractivity contribution in [2.45, 2.75) is 26.7 Å². The minimum atomic E-state index is -0.0775. The van der Waals surface area contributed by atoms with Gasteiger partial charge in [-0.25, -0.2) is 0 Å². The molecule has 2 nitrogen and oxygen atoms in total. The number of rotatable bonds is 0. The van der Waals surface area contributed by atoms with Gasteiger partial charge in [-0.15, -0.1) is 0 Å². The number of ketones is 1. The Labute approximate surface area is 60.8 Å². The van der Waals surface area contributed by atoms with Crippen LogP contribution in [0.5, 0.6) is 0 Å². The molecule has 1 atom stereocenters. The van der Waals surface area contributed by atoms with Crippen LogP contribution in [0.1, 0.15) is 26.7 Å². The monoisotopic (exact) mass is 137 g/mol. The number of hydrogen-bond acceptors (Lipinski definition) is 2. The molecule has 1 fully saturated rings. The molecule has 10 heavy (non-hydrogen) atoms. The van der Waals surface area contributed by atoms with Crippen molar-refractivity contribution in [1.82, 2.24) is 0 Å². The maximum Gasteiger partial charge on any atom is 0.134 e. The molecule has 0 N–H and O–H groups in total. The lowest BCUT2D eigenvalue weighted by Gasteiger charge is -2.18. The molecule has 0 spiro atoms. The zero-order chi connectivity index (χ0) is 7.78. The third-order valence-electron chi connectivity index (χ3n) is 2.18. The van der Waals surface area contributed by atoms with Crippen LogP contribution >= 0.6 is 0 Å². The Bertz CT molecular complexity index is 200. The molecule has 1 rings (SSSR count). The summed E-state index contributed by atoms with van der Waals surface area (Å²) in [6, 6.07) is 2.16. The van der Waals surface area contributed by atoms with Crippen molar-refractivity contribution in [3.8, 4) is 6.07 Å². The molecule has 1 saturated carbocycles. The van der Waals surface area contributed by atoms with Crippen LogP contribution in [0.2, 0.25) is 0 Å². The largest absolute Gasteiger partial charge is 0.300 e. The number of Topliss-reactive ketones (excluding diaryl/α,β-unsaturated/α-hetero) is 1. The predicted molar refractivity (Wildman–Crippen MR) is 37.1 cm³/mol. The highest BCUT2D eigenvalue weighted by Crippen LogP contribution is 2.39. The molecule has 54 valence electrons. The highest BCUT2D eigenvalue weighted by Gasteiger charge is 2.39. The van der Waals surface area contributed by atoms with Crippen molar-refractivity contribution in [2.24, 2.45) is 11.3 Å². The molecule has 0 aromatic heterocycles. The van der Waals surface area contributed by atoms with Crippen LogP contribution in [0, 0.1) is 22.7 Å². The molecule has 0 aromatic rings. The first kappa shape index (κ1) is 7.27. The van der Waals surface area contributed by atoms with Crippen LogP contribution in [0.3, 0.4) is 0 Å². The van der Waals surface area contributed by atoms with Crippen molar-refractivity contribution >= 4 is 5.78 Å². The van der Waals surface area contributed by atoms with Gasteiger partial charge in [0.1, 0.15) is 5.78 Å². The van der Waals surface area contributed by atoms with Gasteiger partial charge in [-0.05, 0) is 5.41 Å². The molecule has 0 aromatic carbocycles. The lowest BCUT2D eigenvalue weighted by atomic mass is 9.83. The molecule has 1 aliphatic carbocycles. The molecule has 0 saturated heterocycles. The highest BCUT2D eigenvalue weighted by molar-refractivity contribution is 5.82. The molecule has 0 radical (unpaired) electrons. The Morgan fingerprint density at radius 3 is 2.50 bits per heavy atom. The lowest BCUT2D eigenvalue weighted by Crippen LogP contribution is -2.15. The third-order valence-corrected chi connectivity index (χ3v) is 2.18. The van der Waals surface area contributed by atoms with E-state index < -0.39 is 0 Å². The fraction of sp³-hybridized carbons (Fsp3) is 0.750. The second kappa shape index (κ2) is 2.09. The van der Waals surface area contributed by atoms with E-state index in [0.29, 0.717) is 12.8 Å². The van der Waals surface area contributed by atoms with Gasteiger partial charge in [-0.2, -0.15) is 5.26 Å². The van der Waals surface area contributed by atoms with Crippen molar-refractivity contribution in [3.63, 3.8) is 0 Å². The van der Waals surface area contributed by atoms with Crippen molar-refractivity contribution in [3.05, 3.63) is 0 Å². The summed E-state index contributed by atoms with van der Waals surface area (Å²) in [6.45, 7) is 3.96. The molecule has 1 aliphatic rings. The molecule has 0 heterocycles. The van der Waals surface area contributed by atoms with Crippen molar-refractivity contribution < 1.29 is 4.79 Å². The normalized spacial score (nSPS) is 30.1. The number of carbonyl (C=O) groups is 1. The third kappa shape index (κ3) is 1.04. The van der Waals surface area contributed by atoms with Gasteiger partial charge in [0.15, 0.2) is 0 Å². The van der Waals surface area contributed by atoms with Gasteiger partial charge in [0, 0.05) is 12.8 Å². The van der Waals surface area contributed by atoms with Gasteiger partial charge in [0.05, 0.1) is 12.0 Å². The van der Waals surface area contributed by atoms with Crippen molar-refractivity contribution in [1.29, 1.82) is 5.26 Å². The van der Waals surface area contributed by atoms with Crippen LogP contribution in [0.15, 0.2) is 0 Å². The van der Waals surface area contributed by atoms with Crippen LogP contribution in [0.25, 0.3) is 0 Å². The summed E-state index contributed by atoms with van der Waals surface area (Å²) in [5.41, 5.74) is -0.0775. The van der Waals surface area contributed by atoms with E-state index in [0.717, 1.165) is 0 Å². The summed E-state index contributed by atoms with van der Waals surface area (Å²) in [7, 11) is 0. The average Bonchev–Trinajstić information content (AvgIpc) is 2.04. The molecule has 1 unspecified atom stereocenters. The lowest BCUT2D eigenvalue weighted by molar-refractivity contribution is -0.117. The second-order valence-corrected chi connectivity index (χ2v) is 3.59. The number of nitrogens with zero attached hydrogens (tertiary/aromatic N) is 1. The molecule has 2 heteroatoms. The summed E-state index contributed by atoms with van der Waals surface area (Å²) in [5.74, 6) is 0.177. The Hall–Kier alpha value is -0.840. The van der Waals surface area contributed by atoms with E-state index in [1.807, 2.05) is 13.8 Å². The minimum Gasteiger partial charge on any atom is -0.300 e. The van der Waals surface area contributed by atoms with E-state index in [1.54, 1.807) is 0 Å². The fourth-order valence-corrected chi connectivity index (χ4v) is 1.43. The topological polar surface area (TPSA) is 40.9 Å². The van der Waals surface area contributed by atoms with E-state index in [-0.39, 0.29) is 17.1 Å². The maximum atomic E-state index is 10.9. The van der Waals surface area contributed by atoms with Gasteiger partial charge in [0.2, 0.25) is 0 Å². The summed E-state index contributed by atoms with van der Waals surface area (Å²) < 4.78 is 0. The van der Waals surface area contributed by atoms with Gasteiger partial charge in [-0.3, -0.25) is 4.79 Å². The zero-order valence-electron chi connectivity index (χ0n) is 6.35. The second-order valence-electron chi connectivity index (χ2n) is 3.59. The number of nitriles is 1. The van der Waals surface area contributed by atoms with Gasteiger partial charge >= 0.3 is 0 Å². The summed E-state index contributed by atoms with van der Waals surface area (Å²) in [5, 5.41) is 8.62. The summed E-state index contributed by atoms with van der Waals surface area (Å²) in [6.07, 6.45) is 1.04. The first-order chi connectivity index (χ1) is 4.56. The number of carbonyl (C=O) groups excluding carboxylic acids is 1. The molecule has 0 amide bonds. The standard InChI is InChI=1S/C8H11NO/c1-8(2)4-7(10)3-6(8)5-9/h6H,3-4H2,1-2H3. The van der Waals surface area contributed by atoms with E-state index in [4.69, 9.17) is 5.26 Å². The van der Waals surface area contributed by atoms with Gasteiger partial charge < -0.3 is 0 Å². The quantitative estimate of drug-likeness (QED) is 0.507. The Morgan fingerprint density at radius 2 is 2.30 bits per heavy atom. The van der Waals surface area contributed by atoms with Gasteiger partial charge in [-0.1, -0.05) is 13.8 Å². The first-order valence-corrected chi connectivity index (χ1v) is 3.47. The Kier molecular flexibility index (Phi) is 1.52. The smallest absolute Gasteiger partial charge is 0.134 e. The first-order valence-electron chi connectivity index (χ1n) is 3.47. The van der Waals surface area contributed by atoms with Crippen molar-refractivity contribution in [2.75, 3.05) is 0 Å². The Balaban J connectivity index is 2.79. The van der Waals surface area contributed by atoms with Crippen LogP contribution in [-0.4, -0.2) is 5.78 Å². The zero-order valence-corrected chi connectivity index (χ0v) is 6.35. The van der Waals surface area contributed by atoms with Crippen LogP contribution < -0.4 is 0 Å². The molecule has 0 aliphatic heterocycles. The molecular formula is C8H11NO. The van der Waals surface area contributed by atoms with E-state index in [1.165, 1.54) is 0 Å². The highest BCUT2D eigenvalue weighted by atomic mass is 16.1. The van der Waals surface area contributed by atoms with Crippen LogP contribution in [-0.2, 0) is 4.79 Å². The van der Waals surface area contributed by atoms with E-state index in [2.05, 4.69) is 6.07 Å².